The summed E-state index contributed by atoms with van der Waals surface area (Å²) in [6.07, 6.45) is -3.78. The van der Waals surface area contributed by atoms with Gasteiger partial charge in [-0.3, -0.25) is 19.4 Å². The average Bonchev–Trinajstić information content (AvgIpc) is 3.30. The Morgan fingerprint density at radius 2 is 1.70 bits per heavy atom. The van der Waals surface area contributed by atoms with Crippen LogP contribution < -0.4 is 0 Å². The monoisotopic (exact) mass is 986 g/mol. The van der Waals surface area contributed by atoms with Crippen LogP contribution in [-0.2, 0) is 63.5 Å². The number of nitrogens with zero attached hydrogens (tertiary/aromatic N) is 3. The number of β-amino-alcohol motifs (C(OH)–C–C–N with tert-alkyl or cyclic N) is 1. The molecule has 0 bridgehead atoms. The number of esters is 3. The lowest BCUT2D eigenvalue weighted by Gasteiger charge is -2.50. The fourth-order valence-corrected chi connectivity index (χ4v) is 10.0. The molecule has 18 nitrogen and oxygen atoms in total. The Labute approximate surface area is 413 Å². The fourth-order valence-electron chi connectivity index (χ4n) is 10.0. The summed E-state index contributed by atoms with van der Waals surface area (Å²) in [5.74, 6) is -2.89. The largest absolute Gasteiger partial charge is 0.466 e. The first kappa shape index (κ1) is 57.0. The quantitative estimate of drug-likeness (QED) is 0.0987. The maximum absolute atomic E-state index is 13.8. The van der Waals surface area contributed by atoms with Crippen molar-refractivity contribution in [2.45, 2.75) is 172 Å². The SMILES string of the molecule is CCC(=O)O[C@@H]1CC(=O)OCCC(C=CCc2cnc3ccccc3c2)CN(C)C[C@H](O)[C@H](C)C[C@H](CC=O)[C@H](O[C@@H]2OC(C)[C@@H](O[C@H]3CC(C)(O)[C@@H](OC(=O)CC)C(C)O3)C(N(C)C)C2O)[C@H]1OC. The molecule has 2 aromatic rings. The molecule has 1 aromatic carbocycles. The first-order valence-corrected chi connectivity index (χ1v) is 24.8. The van der Waals surface area contributed by atoms with Crippen molar-refractivity contribution in [2.75, 3.05) is 47.9 Å². The summed E-state index contributed by atoms with van der Waals surface area (Å²) in [5, 5.41) is 36.5. The molecule has 0 spiro atoms. The van der Waals surface area contributed by atoms with Crippen molar-refractivity contribution < 1.29 is 72.4 Å². The van der Waals surface area contributed by atoms with Gasteiger partial charge in [-0.05, 0) is 96.6 Å². The van der Waals surface area contributed by atoms with Gasteiger partial charge in [-0.1, -0.05) is 51.1 Å². The summed E-state index contributed by atoms with van der Waals surface area (Å²) in [6, 6.07) is 9.26. The molecule has 5 rings (SSSR count). The van der Waals surface area contributed by atoms with Crippen LogP contribution >= 0.6 is 0 Å². The molecule has 18 heteroatoms. The Morgan fingerprint density at radius 1 is 0.986 bits per heavy atom. The van der Waals surface area contributed by atoms with Crippen molar-refractivity contribution in [3.63, 3.8) is 0 Å². The summed E-state index contributed by atoms with van der Waals surface area (Å²) in [6.45, 7) is 11.1. The smallest absolute Gasteiger partial charge is 0.309 e. The number of ether oxygens (including phenoxy) is 8. The molecule has 0 radical (unpaired) electrons. The second-order valence-electron chi connectivity index (χ2n) is 19.8. The molecule has 3 fully saturated rings. The molecule has 16 atom stereocenters. The van der Waals surface area contributed by atoms with Crippen LogP contribution in [0.25, 0.3) is 10.9 Å². The average molecular weight is 986 g/mol. The number of rotatable bonds is 15. The van der Waals surface area contributed by atoms with Gasteiger partial charge in [0.25, 0.3) is 0 Å². The minimum Gasteiger partial charge on any atom is -0.466 e. The summed E-state index contributed by atoms with van der Waals surface area (Å²) >= 11 is 0. The molecule has 70 heavy (non-hydrogen) atoms. The van der Waals surface area contributed by atoms with E-state index in [-0.39, 0.29) is 44.6 Å². The number of aromatic nitrogens is 1. The van der Waals surface area contributed by atoms with E-state index in [9.17, 15) is 34.5 Å². The predicted octanol–water partition coefficient (Wildman–Crippen LogP) is 4.16. The van der Waals surface area contributed by atoms with Crippen LogP contribution in [0.3, 0.4) is 0 Å². The summed E-state index contributed by atoms with van der Waals surface area (Å²) < 4.78 is 49.3. The molecule has 3 aliphatic rings. The number of carbonyl (C=O) groups is 4. The van der Waals surface area contributed by atoms with Crippen LogP contribution in [-0.4, -0.2) is 181 Å². The number of aliphatic hydroxyl groups is 3. The molecule has 0 amide bonds. The number of hydrogen-bond donors (Lipinski definition) is 3. The molecule has 3 N–H and O–H groups in total. The first-order valence-electron chi connectivity index (χ1n) is 24.8. The van der Waals surface area contributed by atoms with Gasteiger partial charge in [0, 0.05) is 57.5 Å². The Kier molecular flexibility index (Phi) is 21.7. The Balaban J connectivity index is 1.40. The van der Waals surface area contributed by atoms with Gasteiger partial charge in [0.1, 0.15) is 36.3 Å². The lowest BCUT2D eigenvalue weighted by atomic mass is 9.82. The van der Waals surface area contributed by atoms with E-state index in [1.807, 2.05) is 49.3 Å². The van der Waals surface area contributed by atoms with Crippen LogP contribution in [0.1, 0.15) is 92.1 Å². The molecule has 0 aliphatic carbocycles. The van der Waals surface area contributed by atoms with Gasteiger partial charge in [0.2, 0.25) is 0 Å². The molecule has 0 saturated carbocycles. The third kappa shape index (κ3) is 15.5. The highest BCUT2D eigenvalue weighted by atomic mass is 16.7. The minimum atomic E-state index is -1.50. The third-order valence-electron chi connectivity index (χ3n) is 13.8. The number of hydrogen-bond acceptors (Lipinski definition) is 18. The summed E-state index contributed by atoms with van der Waals surface area (Å²) in [4.78, 5) is 60.0. The first-order chi connectivity index (χ1) is 33.3. The van der Waals surface area contributed by atoms with Gasteiger partial charge in [-0.25, -0.2) is 0 Å². The number of aldehydes is 1. The number of pyridine rings is 1. The van der Waals surface area contributed by atoms with E-state index < -0.39 is 115 Å². The van der Waals surface area contributed by atoms with Crippen molar-refractivity contribution in [1.82, 2.24) is 14.8 Å². The van der Waals surface area contributed by atoms with Crippen molar-refractivity contribution in [1.29, 1.82) is 0 Å². The number of allylic oxidation sites excluding steroid dienone is 1. The highest BCUT2D eigenvalue weighted by molar-refractivity contribution is 5.78. The highest BCUT2D eigenvalue weighted by Crippen LogP contribution is 2.38. The topological polar surface area (TPSA) is 222 Å². The number of cyclic esters (lactones) is 1. The van der Waals surface area contributed by atoms with Crippen LogP contribution in [0.4, 0.5) is 0 Å². The van der Waals surface area contributed by atoms with E-state index in [0.29, 0.717) is 25.9 Å². The predicted molar refractivity (Wildman–Crippen MR) is 258 cm³/mol. The zero-order chi connectivity index (χ0) is 51.3. The molecule has 3 aliphatic heterocycles. The summed E-state index contributed by atoms with van der Waals surface area (Å²) in [7, 11) is 6.82. The second kappa shape index (κ2) is 26.7. The zero-order valence-corrected chi connectivity index (χ0v) is 42.7. The van der Waals surface area contributed by atoms with Gasteiger partial charge >= 0.3 is 17.9 Å². The van der Waals surface area contributed by atoms with E-state index in [1.54, 1.807) is 53.6 Å². The normalized spacial score (nSPS) is 35.6. The Hall–Kier alpha value is -3.95. The molecule has 392 valence electrons. The van der Waals surface area contributed by atoms with Gasteiger partial charge in [0.05, 0.1) is 49.0 Å². The maximum atomic E-state index is 13.8. The molecule has 6 unspecified atom stereocenters. The van der Waals surface area contributed by atoms with Crippen LogP contribution in [0.15, 0.2) is 48.7 Å². The van der Waals surface area contributed by atoms with E-state index in [1.165, 1.54) is 7.11 Å². The zero-order valence-electron chi connectivity index (χ0n) is 42.7. The molecular weight excluding hydrogens is 907 g/mol. The van der Waals surface area contributed by atoms with Crippen LogP contribution in [0, 0.1) is 17.8 Å². The molecule has 4 heterocycles. The summed E-state index contributed by atoms with van der Waals surface area (Å²) in [5.41, 5.74) is 0.474. The second-order valence-corrected chi connectivity index (χ2v) is 19.8. The highest BCUT2D eigenvalue weighted by Gasteiger charge is 2.53. The number of likely N-dealkylation sites (N-methyl/N-ethyl adjacent to an activating group) is 2. The van der Waals surface area contributed by atoms with Crippen LogP contribution in [0.5, 0.6) is 0 Å². The van der Waals surface area contributed by atoms with E-state index in [0.717, 1.165) is 22.8 Å². The fraction of sp³-hybridized carbons (Fsp3) is 0.712. The van der Waals surface area contributed by atoms with Crippen molar-refractivity contribution >= 4 is 35.1 Å². The Morgan fingerprint density at radius 3 is 2.37 bits per heavy atom. The Bertz CT molecular complexity index is 2020. The van der Waals surface area contributed by atoms with Gasteiger partial charge < -0.3 is 67.8 Å². The van der Waals surface area contributed by atoms with Gasteiger partial charge in [0.15, 0.2) is 18.7 Å². The van der Waals surface area contributed by atoms with Crippen LogP contribution in [0.2, 0.25) is 0 Å². The lowest BCUT2D eigenvalue weighted by molar-refractivity contribution is -0.344. The third-order valence-corrected chi connectivity index (χ3v) is 13.8. The van der Waals surface area contributed by atoms with E-state index in [4.69, 9.17) is 37.9 Å². The number of fused-ring (bicyclic) bond motifs is 1. The number of carbonyl (C=O) groups excluding carboxylic acids is 4. The van der Waals surface area contributed by atoms with Gasteiger partial charge in [-0.15, -0.1) is 0 Å². The molecule has 1 aromatic heterocycles. The maximum Gasteiger partial charge on any atom is 0.309 e. The number of aliphatic hydroxyl groups excluding tert-OH is 2. The lowest BCUT2D eigenvalue weighted by Crippen LogP contribution is -2.66. The number of benzene rings is 1. The molecule has 3 saturated heterocycles. The van der Waals surface area contributed by atoms with E-state index >= 15 is 0 Å². The van der Waals surface area contributed by atoms with Crippen molar-refractivity contribution in [3.05, 3.63) is 54.2 Å². The molecular formula is C52H79N3O15. The van der Waals surface area contributed by atoms with Crippen molar-refractivity contribution in [2.24, 2.45) is 17.8 Å². The number of para-hydroxylation sites is 1. The van der Waals surface area contributed by atoms with E-state index in [2.05, 4.69) is 23.2 Å². The number of methoxy groups -OCH3 is 1. The van der Waals surface area contributed by atoms with Gasteiger partial charge in [-0.2, -0.15) is 0 Å². The minimum absolute atomic E-state index is 0.0113. The standard InChI is InChI=1S/C52H79N3O15/c1-11-41(58)67-40-26-43(60)64-23-21-34(16-15-17-35-25-36-18-13-14-19-38(36)53-28-35)29-55(9)30-39(57)31(3)24-37(20-22-56)48(49(40)63-10)70-51-46(61)45(54(7)8)47(32(4)66-51)69-44-27-52(6,62)50(33(5)65-44)68-42(59)12-2/h13-16,18-19,22,25,28,31-34,37,39-40,44-51,57,61-62H,11-12,17,20-21,23-24,26-27,29-30H2,1-10H3/t31-,32?,33?,34?,37+,39+,40-,44+,45?,46?,47-,48+,49+,50+,51+,52?/m1/s1. The van der Waals surface area contributed by atoms with Crippen molar-refractivity contribution in [3.8, 4) is 0 Å².